The molecule has 18 heavy (non-hydrogen) atoms. The summed E-state index contributed by atoms with van der Waals surface area (Å²) in [5.74, 6) is 0.885. The second kappa shape index (κ2) is 5.52. The molecule has 1 saturated carbocycles. The van der Waals surface area contributed by atoms with E-state index in [4.69, 9.17) is 9.47 Å². The maximum absolute atomic E-state index is 12.5. The number of carbonyl (C=O) groups is 1. The molecule has 5 nitrogen and oxygen atoms in total. The van der Waals surface area contributed by atoms with Crippen LogP contribution in [0.1, 0.15) is 36.7 Å². The number of carbonyl (C=O) groups excluding carboxylic acids is 1. The molecule has 1 aromatic heterocycles. The topological polar surface area (TPSA) is 53.4 Å². The molecule has 1 aromatic rings. The second-order valence-corrected chi connectivity index (χ2v) is 4.64. The molecular formula is C13H20N2O3. The van der Waals surface area contributed by atoms with E-state index in [2.05, 4.69) is 12.0 Å². The number of rotatable bonds is 7. The average molecular weight is 252 g/mol. The fourth-order valence-electron chi connectivity index (χ4n) is 2.19. The van der Waals surface area contributed by atoms with E-state index in [1.807, 2.05) is 0 Å². The highest BCUT2D eigenvalue weighted by molar-refractivity contribution is 6.00. The summed E-state index contributed by atoms with van der Waals surface area (Å²) in [5.41, 5.74) is 0.540. The van der Waals surface area contributed by atoms with Gasteiger partial charge in [0.1, 0.15) is 11.8 Å². The van der Waals surface area contributed by atoms with E-state index in [1.165, 1.54) is 0 Å². The summed E-state index contributed by atoms with van der Waals surface area (Å²) in [6.45, 7) is 2.77. The first-order valence-electron chi connectivity index (χ1n) is 6.39. The van der Waals surface area contributed by atoms with Crippen LogP contribution in [0.5, 0.6) is 5.75 Å². The molecule has 1 fully saturated rings. The van der Waals surface area contributed by atoms with E-state index >= 15 is 0 Å². The minimum atomic E-state index is -0.355. The maximum Gasteiger partial charge on any atom is 0.213 e. The van der Waals surface area contributed by atoms with Crippen LogP contribution in [-0.2, 0) is 11.3 Å². The minimum Gasteiger partial charge on any atom is -0.493 e. The van der Waals surface area contributed by atoms with Gasteiger partial charge in [-0.1, -0.05) is 6.92 Å². The Balaban J connectivity index is 2.28. The first kappa shape index (κ1) is 13.1. The van der Waals surface area contributed by atoms with Gasteiger partial charge < -0.3 is 9.47 Å². The lowest BCUT2D eigenvalue weighted by Crippen LogP contribution is -2.28. The summed E-state index contributed by atoms with van der Waals surface area (Å²) in [7, 11) is 3.15. The first-order chi connectivity index (χ1) is 8.72. The van der Waals surface area contributed by atoms with Crippen LogP contribution < -0.4 is 4.74 Å². The molecule has 0 radical (unpaired) electrons. The van der Waals surface area contributed by atoms with E-state index in [1.54, 1.807) is 25.1 Å². The van der Waals surface area contributed by atoms with Crippen molar-refractivity contribution >= 4 is 5.78 Å². The third kappa shape index (κ3) is 2.41. The lowest BCUT2D eigenvalue weighted by atomic mass is 10.1. The number of ketones is 1. The molecule has 1 heterocycles. The van der Waals surface area contributed by atoms with Crippen molar-refractivity contribution in [2.75, 3.05) is 14.2 Å². The number of nitrogens with zero attached hydrogens (tertiary/aromatic N) is 2. The molecular weight excluding hydrogens is 232 g/mol. The Morgan fingerprint density at radius 1 is 1.56 bits per heavy atom. The standard InChI is InChI=1S/C13H20N2O3/c1-4-7-15-11(10(17-2)8-14-15)12(16)13(18-3)9-5-6-9/h8-9,13H,4-7H2,1-3H3. The lowest BCUT2D eigenvalue weighted by Gasteiger charge is -2.15. The molecule has 1 aliphatic carbocycles. The summed E-state index contributed by atoms with van der Waals surface area (Å²) in [6.07, 6.45) is 4.30. The Labute approximate surface area is 107 Å². The Hall–Kier alpha value is -1.36. The number of methoxy groups -OCH3 is 2. The van der Waals surface area contributed by atoms with Crippen molar-refractivity contribution in [1.82, 2.24) is 9.78 Å². The predicted molar refractivity (Wildman–Crippen MR) is 66.9 cm³/mol. The second-order valence-electron chi connectivity index (χ2n) is 4.64. The third-order valence-electron chi connectivity index (χ3n) is 3.26. The summed E-state index contributed by atoms with van der Waals surface area (Å²) in [4.78, 5) is 12.5. The van der Waals surface area contributed by atoms with Gasteiger partial charge in [0.2, 0.25) is 5.78 Å². The van der Waals surface area contributed by atoms with Gasteiger partial charge in [-0.05, 0) is 25.2 Å². The summed E-state index contributed by atoms with van der Waals surface area (Å²) >= 11 is 0. The molecule has 100 valence electrons. The number of aromatic nitrogens is 2. The Morgan fingerprint density at radius 2 is 2.28 bits per heavy atom. The lowest BCUT2D eigenvalue weighted by molar-refractivity contribution is 0.0526. The smallest absolute Gasteiger partial charge is 0.213 e. The molecule has 0 N–H and O–H groups in total. The van der Waals surface area contributed by atoms with Gasteiger partial charge in [-0.15, -0.1) is 0 Å². The molecule has 0 amide bonds. The summed E-state index contributed by atoms with van der Waals surface area (Å²) in [5, 5.41) is 4.21. The molecule has 0 aromatic carbocycles. The first-order valence-corrected chi connectivity index (χ1v) is 6.39. The minimum absolute atomic E-state index is 0.0113. The van der Waals surface area contributed by atoms with Crippen LogP contribution in [0.4, 0.5) is 0 Å². The van der Waals surface area contributed by atoms with Crippen LogP contribution in [0, 0.1) is 5.92 Å². The average Bonchev–Trinajstić information content (AvgIpc) is 3.11. The summed E-state index contributed by atoms with van der Waals surface area (Å²) < 4.78 is 12.3. The van der Waals surface area contributed by atoms with E-state index in [-0.39, 0.29) is 11.9 Å². The van der Waals surface area contributed by atoms with E-state index in [0.717, 1.165) is 19.3 Å². The van der Waals surface area contributed by atoms with Gasteiger partial charge in [0.15, 0.2) is 5.75 Å². The zero-order valence-corrected chi connectivity index (χ0v) is 11.2. The highest BCUT2D eigenvalue weighted by Gasteiger charge is 2.39. The fraction of sp³-hybridized carbons (Fsp3) is 0.692. The SMILES string of the molecule is CCCn1ncc(OC)c1C(=O)C(OC)C1CC1. The molecule has 2 rings (SSSR count). The van der Waals surface area contributed by atoms with Crippen LogP contribution in [-0.4, -0.2) is 35.9 Å². The summed E-state index contributed by atoms with van der Waals surface area (Å²) in [6, 6.07) is 0. The van der Waals surface area contributed by atoms with Crippen LogP contribution in [0.15, 0.2) is 6.20 Å². The van der Waals surface area contributed by atoms with Gasteiger partial charge in [-0.25, -0.2) is 0 Å². The normalized spacial score (nSPS) is 16.6. The molecule has 1 aliphatic rings. The Morgan fingerprint density at radius 3 is 2.78 bits per heavy atom. The molecule has 1 atom stereocenters. The number of hydrogen-bond acceptors (Lipinski definition) is 4. The van der Waals surface area contributed by atoms with Crippen LogP contribution >= 0.6 is 0 Å². The van der Waals surface area contributed by atoms with Crippen molar-refractivity contribution in [3.05, 3.63) is 11.9 Å². The van der Waals surface area contributed by atoms with Gasteiger partial charge in [0, 0.05) is 13.7 Å². The number of aryl methyl sites for hydroxylation is 1. The van der Waals surface area contributed by atoms with Gasteiger partial charge >= 0.3 is 0 Å². The fourth-order valence-corrected chi connectivity index (χ4v) is 2.19. The number of hydrogen-bond donors (Lipinski definition) is 0. The van der Waals surface area contributed by atoms with Crippen molar-refractivity contribution in [2.24, 2.45) is 5.92 Å². The Kier molecular flexibility index (Phi) is 4.01. The largest absolute Gasteiger partial charge is 0.493 e. The molecule has 0 saturated heterocycles. The van der Waals surface area contributed by atoms with Gasteiger partial charge in [-0.2, -0.15) is 5.10 Å². The van der Waals surface area contributed by atoms with E-state index in [0.29, 0.717) is 23.9 Å². The van der Waals surface area contributed by atoms with Crippen molar-refractivity contribution in [2.45, 2.75) is 38.8 Å². The maximum atomic E-state index is 12.5. The van der Waals surface area contributed by atoms with Crippen LogP contribution in [0.3, 0.4) is 0 Å². The Bertz CT molecular complexity index is 424. The zero-order valence-electron chi connectivity index (χ0n) is 11.2. The third-order valence-corrected chi connectivity index (χ3v) is 3.26. The quantitative estimate of drug-likeness (QED) is 0.696. The van der Waals surface area contributed by atoms with Crippen LogP contribution in [0.25, 0.3) is 0 Å². The van der Waals surface area contributed by atoms with Gasteiger partial charge in [-0.3, -0.25) is 9.48 Å². The monoisotopic (exact) mass is 252 g/mol. The van der Waals surface area contributed by atoms with Crippen molar-refractivity contribution in [1.29, 1.82) is 0 Å². The molecule has 5 heteroatoms. The van der Waals surface area contributed by atoms with Crippen LogP contribution in [0.2, 0.25) is 0 Å². The molecule has 0 spiro atoms. The predicted octanol–water partition coefficient (Wildman–Crippen LogP) is 1.91. The van der Waals surface area contributed by atoms with E-state index < -0.39 is 0 Å². The molecule has 0 bridgehead atoms. The van der Waals surface area contributed by atoms with E-state index in [9.17, 15) is 4.79 Å². The van der Waals surface area contributed by atoms with Gasteiger partial charge in [0.05, 0.1) is 13.3 Å². The van der Waals surface area contributed by atoms with Crippen molar-refractivity contribution in [3.8, 4) is 5.75 Å². The molecule has 0 aliphatic heterocycles. The number of Topliss-reactive ketones (excluding diaryl/α,β-unsaturated/α-hetero) is 1. The van der Waals surface area contributed by atoms with Crippen molar-refractivity contribution < 1.29 is 14.3 Å². The molecule has 1 unspecified atom stereocenters. The highest BCUT2D eigenvalue weighted by Crippen LogP contribution is 2.36. The van der Waals surface area contributed by atoms with Gasteiger partial charge in [0.25, 0.3) is 0 Å². The zero-order chi connectivity index (χ0) is 13.1. The van der Waals surface area contributed by atoms with Crippen molar-refractivity contribution in [3.63, 3.8) is 0 Å². The number of ether oxygens (including phenoxy) is 2. The highest BCUT2D eigenvalue weighted by atomic mass is 16.5.